The van der Waals surface area contributed by atoms with Crippen molar-refractivity contribution < 1.29 is 9.13 Å². The molecule has 0 radical (unpaired) electrons. The Morgan fingerprint density at radius 1 is 0.500 bits per heavy atom. The van der Waals surface area contributed by atoms with Crippen LogP contribution in [0.3, 0.4) is 0 Å². The van der Waals surface area contributed by atoms with Crippen molar-refractivity contribution in [3.63, 3.8) is 0 Å². The van der Waals surface area contributed by atoms with Crippen molar-refractivity contribution in [3.8, 4) is 22.3 Å². The Balaban J connectivity index is 1.61. The van der Waals surface area contributed by atoms with E-state index in [2.05, 4.69) is 98.0 Å². The number of nitrogens with zero attached hydrogens (tertiary/aromatic N) is 2. The highest BCUT2D eigenvalue weighted by Gasteiger charge is 2.11. The molecule has 3 rings (SSSR count). The van der Waals surface area contributed by atoms with Crippen molar-refractivity contribution in [1.29, 1.82) is 0 Å². The standard InChI is InChI=1S/C32H46N2/c1-5-7-9-11-13-21-33-23-19-31(27(3)25-33)29-15-17-30(18-16-29)32-20-24-34(26-28(32)4)22-14-12-10-8-6-2/h15-20,23-26H,5-14,21-22H2,1-4H3/q+2. The summed E-state index contributed by atoms with van der Waals surface area (Å²) in [6, 6.07) is 13.7. The minimum atomic E-state index is 1.12. The van der Waals surface area contributed by atoms with Gasteiger partial charge in [0, 0.05) is 36.1 Å². The summed E-state index contributed by atoms with van der Waals surface area (Å²) in [5.74, 6) is 0. The summed E-state index contributed by atoms with van der Waals surface area (Å²) >= 11 is 0. The van der Waals surface area contributed by atoms with Gasteiger partial charge in [0.05, 0.1) is 0 Å². The van der Waals surface area contributed by atoms with Gasteiger partial charge in [0.25, 0.3) is 0 Å². The lowest BCUT2D eigenvalue weighted by atomic mass is 9.97. The maximum atomic E-state index is 2.35. The maximum absolute atomic E-state index is 2.35. The number of hydrogen-bond acceptors (Lipinski definition) is 0. The topological polar surface area (TPSA) is 7.76 Å². The van der Waals surface area contributed by atoms with Crippen LogP contribution in [-0.4, -0.2) is 0 Å². The fraction of sp³-hybridized carbons (Fsp3) is 0.500. The molecular formula is C32H46N2+2. The first-order chi connectivity index (χ1) is 16.6. The van der Waals surface area contributed by atoms with Crippen LogP contribution < -0.4 is 9.13 Å². The molecule has 0 unspecified atom stereocenters. The second-order valence-corrected chi connectivity index (χ2v) is 9.96. The number of benzene rings is 1. The molecule has 0 spiro atoms. The summed E-state index contributed by atoms with van der Waals surface area (Å²) in [6.07, 6.45) is 22.4. The molecule has 0 N–H and O–H groups in total. The Morgan fingerprint density at radius 3 is 1.24 bits per heavy atom. The minimum Gasteiger partial charge on any atom is -0.205 e. The van der Waals surface area contributed by atoms with E-state index in [0.717, 1.165) is 13.1 Å². The van der Waals surface area contributed by atoms with E-state index in [1.165, 1.54) is 97.6 Å². The average molecular weight is 459 g/mol. The van der Waals surface area contributed by atoms with Gasteiger partial charge in [-0.2, -0.15) is 0 Å². The molecule has 3 aromatic rings. The zero-order valence-corrected chi connectivity index (χ0v) is 22.2. The van der Waals surface area contributed by atoms with Crippen molar-refractivity contribution in [2.24, 2.45) is 0 Å². The molecule has 0 atom stereocenters. The largest absolute Gasteiger partial charge is 0.205 e. The Bertz CT molecular complexity index is 922. The van der Waals surface area contributed by atoms with E-state index >= 15 is 0 Å². The lowest BCUT2D eigenvalue weighted by Gasteiger charge is -2.09. The van der Waals surface area contributed by atoms with Crippen LogP contribution in [0.2, 0.25) is 0 Å². The van der Waals surface area contributed by atoms with Gasteiger partial charge in [-0.3, -0.25) is 0 Å². The van der Waals surface area contributed by atoms with Crippen LogP contribution in [0.4, 0.5) is 0 Å². The fourth-order valence-corrected chi connectivity index (χ4v) is 4.88. The first kappa shape index (κ1) is 26.1. The van der Waals surface area contributed by atoms with Crippen LogP contribution in [0.5, 0.6) is 0 Å². The first-order valence-corrected chi connectivity index (χ1v) is 13.7. The number of aromatic nitrogens is 2. The molecule has 0 fully saturated rings. The highest BCUT2D eigenvalue weighted by atomic mass is 14.9. The molecule has 2 aromatic heterocycles. The normalized spacial score (nSPS) is 11.2. The van der Waals surface area contributed by atoms with Gasteiger partial charge in [-0.05, 0) is 48.9 Å². The molecule has 0 aliphatic carbocycles. The maximum Gasteiger partial charge on any atom is 0.172 e. The molecule has 0 aliphatic rings. The number of aryl methyl sites for hydroxylation is 4. The Hall–Kier alpha value is -2.48. The third kappa shape index (κ3) is 7.79. The van der Waals surface area contributed by atoms with Crippen molar-refractivity contribution in [3.05, 3.63) is 72.3 Å². The fourth-order valence-electron chi connectivity index (χ4n) is 4.88. The van der Waals surface area contributed by atoms with Gasteiger partial charge in [0.2, 0.25) is 0 Å². The summed E-state index contributed by atoms with van der Waals surface area (Å²) in [5, 5.41) is 0. The first-order valence-electron chi connectivity index (χ1n) is 13.7. The third-order valence-electron chi connectivity index (χ3n) is 6.98. The third-order valence-corrected chi connectivity index (χ3v) is 6.98. The molecule has 182 valence electrons. The molecule has 2 nitrogen and oxygen atoms in total. The van der Waals surface area contributed by atoms with Crippen LogP contribution in [0.25, 0.3) is 22.3 Å². The lowest BCUT2D eigenvalue weighted by Crippen LogP contribution is -2.33. The van der Waals surface area contributed by atoms with Crippen molar-refractivity contribution in [2.45, 2.75) is 105 Å². The van der Waals surface area contributed by atoms with E-state index in [1.807, 2.05) is 0 Å². The molecule has 0 saturated carbocycles. The van der Waals surface area contributed by atoms with Crippen molar-refractivity contribution in [2.75, 3.05) is 0 Å². The molecule has 0 bridgehead atoms. The SMILES string of the molecule is CCCCCCC[n+]1ccc(-c2ccc(-c3cc[n+](CCCCCCC)cc3C)cc2)c(C)c1. The van der Waals surface area contributed by atoms with Gasteiger partial charge in [0.1, 0.15) is 13.1 Å². The number of rotatable bonds is 14. The van der Waals surface area contributed by atoms with Crippen molar-refractivity contribution in [1.82, 2.24) is 0 Å². The molecule has 2 heterocycles. The van der Waals surface area contributed by atoms with Gasteiger partial charge in [-0.25, -0.2) is 9.13 Å². The number of pyridine rings is 2. The summed E-state index contributed by atoms with van der Waals surface area (Å²) in [5.41, 5.74) is 7.96. The van der Waals surface area contributed by atoms with Crippen LogP contribution in [0.15, 0.2) is 61.2 Å². The Morgan fingerprint density at radius 2 is 0.882 bits per heavy atom. The molecule has 34 heavy (non-hydrogen) atoms. The molecule has 2 heteroatoms. The summed E-state index contributed by atoms with van der Waals surface area (Å²) in [6.45, 7) is 11.3. The predicted molar refractivity (Wildman–Crippen MR) is 145 cm³/mol. The minimum absolute atomic E-state index is 1.12. The molecule has 0 amide bonds. The highest BCUT2D eigenvalue weighted by Crippen LogP contribution is 2.27. The summed E-state index contributed by atoms with van der Waals surface area (Å²) < 4.78 is 4.71. The second kappa shape index (κ2) is 14.0. The predicted octanol–water partition coefficient (Wildman–Crippen LogP) is 8.15. The monoisotopic (exact) mass is 458 g/mol. The van der Waals surface area contributed by atoms with Gasteiger partial charge >= 0.3 is 0 Å². The smallest absolute Gasteiger partial charge is 0.172 e. The zero-order valence-electron chi connectivity index (χ0n) is 22.2. The van der Waals surface area contributed by atoms with Crippen LogP contribution in [0.1, 0.15) is 89.2 Å². The van der Waals surface area contributed by atoms with Gasteiger partial charge in [-0.1, -0.05) is 76.6 Å². The summed E-state index contributed by atoms with van der Waals surface area (Å²) in [7, 11) is 0. The Kier molecular flexibility index (Phi) is 10.8. The molecule has 0 aliphatic heterocycles. The van der Waals surface area contributed by atoms with Gasteiger partial charge in [0.15, 0.2) is 24.8 Å². The lowest BCUT2D eigenvalue weighted by molar-refractivity contribution is -0.697. The van der Waals surface area contributed by atoms with Crippen LogP contribution in [0, 0.1) is 13.8 Å². The van der Waals surface area contributed by atoms with E-state index in [0.29, 0.717) is 0 Å². The van der Waals surface area contributed by atoms with E-state index in [1.54, 1.807) is 0 Å². The van der Waals surface area contributed by atoms with Gasteiger partial charge < -0.3 is 0 Å². The molecule has 0 saturated heterocycles. The van der Waals surface area contributed by atoms with Crippen LogP contribution >= 0.6 is 0 Å². The van der Waals surface area contributed by atoms with E-state index in [4.69, 9.17) is 0 Å². The molecule has 1 aromatic carbocycles. The van der Waals surface area contributed by atoms with E-state index in [9.17, 15) is 0 Å². The highest BCUT2D eigenvalue weighted by molar-refractivity contribution is 5.72. The van der Waals surface area contributed by atoms with Gasteiger partial charge in [-0.15, -0.1) is 0 Å². The quantitative estimate of drug-likeness (QED) is 0.170. The van der Waals surface area contributed by atoms with Crippen molar-refractivity contribution >= 4 is 0 Å². The summed E-state index contributed by atoms with van der Waals surface area (Å²) in [4.78, 5) is 0. The van der Waals surface area contributed by atoms with Crippen LogP contribution in [-0.2, 0) is 13.1 Å². The zero-order chi connectivity index (χ0) is 24.2. The second-order valence-electron chi connectivity index (χ2n) is 9.96. The average Bonchev–Trinajstić information content (AvgIpc) is 2.84. The number of hydrogen-bond donors (Lipinski definition) is 0. The molecular weight excluding hydrogens is 412 g/mol. The number of unbranched alkanes of at least 4 members (excludes halogenated alkanes) is 8. The Labute approximate surface area is 208 Å². The van der Waals surface area contributed by atoms with E-state index in [-0.39, 0.29) is 0 Å². The van der Waals surface area contributed by atoms with E-state index < -0.39 is 0 Å².